The summed E-state index contributed by atoms with van der Waals surface area (Å²) in [5.74, 6) is -0.984. The molecule has 2 aliphatic heterocycles. The average molecular weight is 300 g/mol. The number of nitrogens with zero attached hydrogens (tertiary/aromatic N) is 1. The molecule has 0 aromatic carbocycles. The predicted octanol–water partition coefficient (Wildman–Crippen LogP) is 0.687. The number of carboxylic acid groups (broad SMARTS) is 1. The van der Waals surface area contributed by atoms with Gasteiger partial charge in [-0.15, -0.1) is 0 Å². The van der Waals surface area contributed by atoms with Crippen LogP contribution in [0, 0.1) is 5.41 Å². The van der Waals surface area contributed by atoms with Crippen molar-refractivity contribution in [1.82, 2.24) is 10.2 Å². The molecule has 2 rings (SSSR count). The van der Waals surface area contributed by atoms with Crippen LogP contribution in [0.1, 0.15) is 26.2 Å². The lowest BCUT2D eigenvalue weighted by Gasteiger charge is -2.34. The standard InChI is InChI=1S/C14H24N2O5/c1-14(3-5-21-6-4-14)9-15-13(19)16-8-10(20-2)7-11(16)12(17)18/h10-11H,3-9H2,1-2H3,(H,15,19)(H,17,18). The van der Waals surface area contributed by atoms with Crippen LogP contribution in [0.25, 0.3) is 0 Å². The van der Waals surface area contributed by atoms with Crippen molar-refractivity contribution in [3.05, 3.63) is 0 Å². The van der Waals surface area contributed by atoms with E-state index < -0.39 is 12.0 Å². The molecule has 0 spiro atoms. The first kappa shape index (κ1) is 16.0. The molecule has 120 valence electrons. The molecule has 2 fully saturated rings. The zero-order valence-electron chi connectivity index (χ0n) is 12.6. The highest BCUT2D eigenvalue weighted by molar-refractivity contribution is 5.83. The third-order valence-electron chi connectivity index (χ3n) is 4.51. The van der Waals surface area contributed by atoms with Gasteiger partial charge in [0, 0.05) is 39.8 Å². The fourth-order valence-corrected chi connectivity index (χ4v) is 2.86. The van der Waals surface area contributed by atoms with E-state index in [4.69, 9.17) is 9.47 Å². The Kier molecular flexibility index (Phi) is 5.05. The summed E-state index contributed by atoms with van der Waals surface area (Å²) in [6, 6.07) is -1.13. The lowest BCUT2D eigenvalue weighted by molar-refractivity contribution is -0.141. The summed E-state index contributed by atoms with van der Waals surface area (Å²) in [6.45, 7) is 4.39. The molecule has 0 aromatic rings. The number of methoxy groups -OCH3 is 1. The summed E-state index contributed by atoms with van der Waals surface area (Å²) in [6.07, 6.45) is 1.92. The van der Waals surface area contributed by atoms with E-state index in [1.807, 2.05) is 0 Å². The van der Waals surface area contributed by atoms with Gasteiger partial charge in [-0.3, -0.25) is 0 Å². The Morgan fingerprint density at radius 3 is 2.67 bits per heavy atom. The first-order valence-electron chi connectivity index (χ1n) is 7.33. The number of carbonyl (C=O) groups excluding carboxylic acids is 1. The smallest absolute Gasteiger partial charge is 0.326 e. The molecule has 0 aliphatic carbocycles. The van der Waals surface area contributed by atoms with Gasteiger partial charge >= 0.3 is 12.0 Å². The predicted molar refractivity (Wildman–Crippen MR) is 75.1 cm³/mol. The SMILES string of the molecule is COC1CC(C(=O)O)N(C(=O)NCC2(C)CCOCC2)C1. The number of likely N-dealkylation sites (tertiary alicyclic amines) is 1. The number of nitrogens with one attached hydrogen (secondary N) is 1. The summed E-state index contributed by atoms with van der Waals surface area (Å²) in [4.78, 5) is 24.9. The molecule has 0 saturated carbocycles. The van der Waals surface area contributed by atoms with Crippen LogP contribution in [-0.2, 0) is 14.3 Å². The van der Waals surface area contributed by atoms with E-state index in [0.717, 1.165) is 12.8 Å². The Balaban J connectivity index is 1.91. The molecule has 2 saturated heterocycles. The van der Waals surface area contributed by atoms with Crippen LogP contribution >= 0.6 is 0 Å². The van der Waals surface area contributed by atoms with Gasteiger partial charge in [-0.05, 0) is 18.3 Å². The molecule has 21 heavy (non-hydrogen) atoms. The Hall–Kier alpha value is -1.34. The van der Waals surface area contributed by atoms with E-state index in [9.17, 15) is 14.7 Å². The number of hydrogen-bond acceptors (Lipinski definition) is 4. The fourth-order valence-electron chi connectivity index (χ4n) is 2.86. The number of amides is 2. The summed E-state index contributed by atoms with van der Waals surface area (Å²) in [7, 11) is 1.54. The van der Waals surface area contributed by atoms with E-state index in [2.05, 4.69) is 12.2 Å². The van der Waals surface area contributed by atoms with Crippen molar-refractivity contribution in [2.24, 2.45) is 5.41 Å². The zero-order valence-corrected chi connectivity index (χ0v) is 12.6. The van der Waals surface area contributed by atoms with E-state index in [0.29, 0.717) is 32.7 Å². The molecule has 0 radical (unpaired) electrons. The first-order chi connectivity index (χ1) is 9.95. The van der Waals surface area contributed by atoms with Crippen LogP contribution < -0.4 is 5.32 Å². The maximum atomic E-state index is 12.3. The minimum absolute atomic E-state index is 0.0208. The van der Waals surface area contributed by atoms with Crippen LogP contribution in [0.2, 0.25) is 0 Å². The molecule has 2 N–H and O–H groups in total. The minimum Gasteiger partial charge on any atom is -0.480 e. The fraction of sp³-hybridized carbons (Fsp3) is 0.857. The summed E-state index contributed by atoms with van der Waals surface area (Å²) < 4.78 is 10.5. The van der Waals surface area contributed by atoms with Gasteiger partial charge < -0.3 is 24.8 Å². The third-order valence-corrected chi connectivity index (χ3v) is 4.51. The van der Waals surface area contributed by atoms with Gasteiger partial charge in [-0.2, -0.15) is 0 Å². The Morgan fingerprint density at radius 2 is 2.10 bits per heavy atom. The van der Waals surface area contributed by atoms with E-state index >= 15 is 0 Å². The molecule has 7 nitrogen and oxygen atoms in total. The Labute approximate surface area is 124 Å². The molecule has 2 heterocycles. The number of carbonyl (C=O) groups is 2. The number of aliphatic carboxylic acids is 1. The lowest BCUT2D eigenvalue weighted by Crippen LogP contribution is -2.49. The van der Waals surface area contributed by atoms with Crippen molar-refractivity contribution < 1.29 is 24.2 Å². The van der Waals surface area contributed by atoms with Gasteiger partial charge in [-0.1, -0.05) is 6.92 Å². The second-order valence-corrected chi connectivity index (χ2v) is 6.18. The van der Waals surface area contributed by atoms with Gasteiger partial charge in [0.05, 0.1) is 6.10 Å². The number of hydrogen-bond donors (Lipinski definition) is 2. The third kappa shape index (κ3) is 3.85. The molecule has 2 unspecified atom stereocenters. The Bertz CT molecular complexity index is 395. The highest BCUT2D eigenvalue weighted by Crippen LogP contribution is 2.29. The van der Waals surface area contributed by atoms with Gasteiger partial charge in [0.2, 0.25) is 0 Å². The van der Waals surface area contributed by atoms with Crippen molar-refractivity contribution >= 4 is 12.0 Å². The molecule has 2 aliphatic rings. The number of ether oxygens (including phenoxy) is 2. The molecule has 2 amide bonds. The summed E-state index contributed by atoms with van der Waals surface area (Å²) in [5.41, 5.74) is 0.0208. The van der Waals surface area contributed by atoms with E-state index in [1.165, 1.54) is 12.0 Å². The zero-order chi connectivity index (χ0) is 15.5. The van der Waals surface area contributed by atoms with Gasteiger partial charge in [-0.25, -0.2) is 9.59 Å². The van der Waals surface area contributed by atoms with Crippen LogP contribution in [0.3, 0.4) is 0 Å². The quantitative estimate of drug-likeness (QED) is 0.797. The molecular weight excluding hydrogens is 276 g/mol. The maximum absolute atomic E-state index is 12.3. The number of carboxylic acids is 1. The molecule has 7 heteroatoms. The molecule has 0 aromatic heterocycles. The van der Waals surface area contributed by atoms with Gasteiger partial charge in [0.1, 0.15) is 6.04 Å². The average Bonchev–Trinajstić information content (AvgIpc) is 2.90. The molecule has 2 atom stereocenters. The second-order valence-electron chi connectivity index (χ2n) is 6.18. The summed E-state index contributed by atoms with van der Waals surface area (Å²) in [5, 5.41) is 12.1. The van der Waals surface area contributed by atoms with Crippen molar-refractivity contribution in [1.29, 1.82) is 0 Å². The number of rotatable bonds is 4. The monoisotopic (exact) mass is 300 g/mol. The maximum Gasteiger partial charge on any atom is 0.326 e. The van der Waals surface area contributed by atoms with Crippen molar-refractivity contribution in [3.63, 3.8) is 0 Å². The lowest BCUT2D eigenvalue weighted by atomic mass is 9.82. The van der Waals surface area contributed by atoms with Crippen LogP contribution in [0.4, 0.5) is 4.79 Å². The molecular formula is C14H24N2O5. The Morgan fingerprint density at radius 1 is 1.43 bits per heavy atom. The minimum atomic E-state index is -0.984. The molecule has 0 bridgehead atoms. The van der Waals surface area contributed by atoms with Crippen LogP contribution in [-0.4, -0.2) is 67.6 Å². The van der Waals surface area contributed by atoms with E-state index in [-0.39, 0.29) is 17.6 Å². The van der Waals surface area contributed by atoms with Crippen molar-refractivity contribution in [2.45, 2.75) is 38.3 Å². The topological polar surface area (TPSA) is 88.1 Å². The second kappa shape index (κ2) is 6.62. The van der Waals surface area contributed by atoms with Crippen LogP contribution in [0.5, 0.6) is 0 Å². The normalized spacial score (nSPS) is 28.4. The number of urea groups is 1. The van der Waals surface area contributed by atoms with Crippen LogP contribution in [0.15, 0.2) is 0 Å². The van der Waals surface area contributed by atoms with E-state index in [1.54, 1.807) is 0 Å². The van der Waals surface area contributed by atoms with Crippen molar-refractivity contribution in [3.8, 4) is 0 Å². The first-order valence-corrected chi connectivity index (χ1v) is 7.33. The van der Waals surface area contributed by atoms with Gasteiger partial charge in [0.25, 0.3) is 0 Å². The highest BCUT2D eigenvalue weighted by atomic mass is 16.5. The largest absolute Gasteiger partial charge is 0.480 e. The van der Waals surface area contributed by atoms with Crippen molar-refractivity contribution in [2.75, 3.05) is 33.4 Å². The summed E-state index contributed by atoms with van der Waals surface area (Å²) >= 11 is 0. The highest BCUT2D eigenvalue weighted by Gasteiger charge is 2.40. The van der Waals surface area contributed by atoms with Gasteiger partial charge in [0.15, 0.2) is 0 Å².